The smallest absolute Gasteiger partial charge is 0.254 e. The Kier molecular flexibility index (Phi) is 8.75. The van der Waals surface area contributed by atoms with E-state index >= 15 is 0 Å². The van der Waals surface area contributed by atoms with Crippen LogP contribution < -0.4 is 22.1 Å². The summed E-state index contributed by atoms with van der Waals surface area (Å²) >= 11 is 5.86. The molecule has 0 aliphatic rings. The Labute approximate surface area is 214 Å². The zero-order valence-electron chi connectivity index (χ0n) is 20.1. The van der Waals surface area contributed by atoms with Gasteiger partial charge in [0.05, 0.1) is 23.0 Å². The molecule has 10 heteroatoms. The van der Waals surface area contributed by atoms with Crippen LogP contribution in [0.1, 0.15) is 35.5 Å². The Bertz CT molecular complexity index is 1350. The van der Waals surface area contributed by atoms with Gasteiger partial charge in [0.15, 0.2) is 0 Å². The van der Waals surface area contributed by atoms with Gasteiger partial charge in [-0.25, -0.2) is 9.37 Å². The third-order valence-electron chi connectivity index (χ3n) is 5.18. The van der Waals surface area contributed by atoms with Crippen molar-refractivity contribution in [3.05, 3.63) is 100 Å². The van der Waals surface area contributed by atoms with E-state index in [0.717, 1.165) is 5.69 Å². The summed E-state index contributed by atoms with van der Waals surface area (Å²) in [7, 11) is 1.51. The number of nitrogens with one attached hydrogen (secondary N) is 2. The van der Waals surface area contributed by atoms with Crippen LogP contribution in [0, 0.1) is 12.7 Å². The van der Waals surface area contributed by atoms with Gasteiger partial charge < -0.3 is 22.1 Å². The minimum Gasteiger partial charge on any atom is -0.404 e. The lowest BCUT2D eigenvalue weighted by Crippen LogP contribution is -2.20. The molecule has 0 spiro atoms. The second-order valence-corrected chi connectivity index (χ2v) is 8.27. The van der Waals surface area contributed by atoms with Crippen LogP contribution in [0.4, 0.5) is 10.2 Å². The Hall–Kier alpha value is -4.24. The number of aliphatic imine (C=N–C) groups is 1. The summed E-state index contributed by atoms with van der Waals surface area (Å²) in [6.45, 7) is 3.60. The fourth-order valence-corrected chi connectivity index (χ4v) is 3.58. The third-order valence-corrected chi connectivity index (χ3v) is 5.42. The molecule has 1 amide bonds. The number of hydrogen-bond donors (Lipinski definition) is 4. The van der Waals surface area contributed by atoms with E-state index in [1.54, 1.807) is 49.5 Å². The van der Waals surface area contributed by atoms with Gasteiger partial charge >= 0.3 is 0 Å². The lowest BCUT2D eigenvalue weighted by Gasteiger charge is -2.14. The van der Waals surface area contributed by atoms with Gasteiger partial charge in [-0.1, -0.05) is 23.7 Å². The number of nitrogens with zero attached hydrogens (tertiary/aromatic N) is 3. The van der Waals surface area contributed by atoms with Crippen LogP contribution in [0.2, 0.25) is 5.02 Å². The Morgan fingerprint density at radius 1 is 1.22 bits per heavy atom. The number of rotatable bonds is 8. The number of nitrogens with two attached hydrogens (primary N) is 2. The second kappa shape index (κ2) is 11.9. The number of hydrogen-bond acceptors (Lipinski definition) is 6. The molecule has 186 valence electrons. The first kappa shape index (κ1) is 26.4. The molecule has 3 rings (SSSR count). The van der Waals surface area contributed by atoms with Gasteiger partial charge in [-0.05, 0) is 50.2 Å². The molecule has 0 saturated heterocycles. The van der Waals surface area contributed by atoms with Gasteiger partial charge in [0, 0.05) is 47.4 Å². The van der Waals surface area contributed by atoms with Crippen LogP contribution in [0.5, 0.6) is 0 Å². The summed E-state index contributed by atoms with van der Waals surface area (Å²) in [5, 5.41) is 6.09. The largest absolute Gasteiger partial charge is 0.404 e. The number of benzene rings is 1. The highest BCUT2D eigenvalue weighted by Gasteiger charge is 2.15. The Morgan fingerprint density at radius 3 is 2.67 bits per heavy atom. The van der Waals surface area contributed by atoms with Gasteiger partial charge in [-0.2, -0.15) is 0 Å². The summed E-state index contributed by atoms with van der Waals surface area (Å²) in [6.07, 6.45) is 4.36. The average Bonchev–Trinajstić information content (AvgIpc) is 2.84. The zero-order valence-corrected chi connectivity index (χ0v) is 20.8. The fourth-order valence-electron chi connectivity index (χ4n) is 3.42. The molecule has 1 atom stereocenters. The number of carbonyl (C=O) groups excluding carboxylic acids is 1. The van der Waals surface area contributed by atoms with Crippen LogP contribution in [-0.2, 0) is 4.79 Å². The molecule has 1 unspecified atom stereocenters. The molecule has 0 aliphatic heterocycles. The molecule has 0 bridgehead atoms. The van der Waals surface area contributed by atoms with Crippen LogP contribution in [0.3, 0.4) is 0 Å². The number of carbonyl (C=O) groups is 1. The van der Waals surface area contributed by atoms with Crippen molar-refractivity contribution in [3.63, 3.8) is 0 Å². The topological polar surface area (TPSA) is 131 Å². The van der Waals surface area contributed by atoms with E-state index in [-0.39, 0.29) is 17.3 Å². The first-order valence-corrected chi connectivity index (χ1v) is 11.4. The molecule has 1 aromatic carbocycles. The van der Waals surface area contributed by atoms with Crippen LogP contribution >= 0.6 is 11.6 Å². The fraction of sp³-hybridized carbons (Fsp3) is 0.154. The monoisotopic (exact) mass is 507 g/mol. The second-order valence-electron chi connectivity index (χ2n) is 7.83. The van der Waals surface area contributed by atoms with Crippen molar-refractivity contribution in [2.75, 3.05) is 12.4 Å². The van der Waals surface area contributed by atoms with Crippen molar-refractivity contribution in [1.29, 1.82) is 0 Å². The normalized spacial score (nSPS) is 13.3. The average molecular weight is 508 g/mol. The third kappa shape index (κ3) is 6.67. The first-order valence-electron chi connectivity index (χ1n) is 11.0. The number of likely N-dealkylation sites (N-methyl/N-ethyl adjacent to an activating group) is 1. The van der Waals surface area contributed by atoms with E-state index in [9.17, 15) is 9.18 Å². The highest BCUT2D eigenvalue weighted by molar-refractivity contribution is 6.30. The van der Waals surface area contributed by atoms with Gasteiger partial charge in [-0.3, -0.25) is 14.8 Å². The SMILES string of the molecule is CNC(=O)C(=CN)c1cc(/C(=C/C(N)=NC(C)c2ccc(Cl)cc2F)Nc2cccc(C)n2)ccn1. The zero-order chi connectivity index (χ0) is 26.2. The summed E-state index contributed by atoms with van der Waals surface area (Å²) in [5.41, 5.74) is 14.9. The van der Waals surface area contributed by atoms with E-state index in [0.29, 0.717) is 33.4 Å². The van der Waals surface area contributed by atoms with Crippen molar-refractivity contribution in [3.8, 4) is 0 Å². The van der Waals surface area contributed by atoms with Crippen molar-refractivity contribution < 1.29 is 9.18 Å². The van der Waals surface area contributed by atoms with Crippen molar-refractivity contribution in [2.45, 2.75) is 19.9 Å². The number of anilines is 1. The predicted octanol–water partition coefficient (Wildman–Crippen LogP) is 4.19. The number of aryl methyl sites for hydroxylation is 1. The molecule has 3 aromatic rings. The lowest BCUT2D eigenvalue weighted by atomic mass is 10.1. The highest BCUT2D eigenvalue weighted by Crippen LogP contribution is 2.24. The number of pyridine rings is 2. The molecule has 0 saturated carbocycles. The van der Waals surface area contributed by atoms with Gasteiger partial charge in [0.25, 0.3) is 5.91 Å². The lowest BCUT2D eigenvalue weighted by molar-refractivity contribution is -0.115. The van der Waals surface area contributed by atoms with Crippen LogP contribution in [0.25, 0.3) is 11.3 Å². The summed E-state index contributed by atoms with van der Waals surface area (Å²) < 4.78 is 14.4. The number of halogens is 2. The van der Waals surface area contributed by atoms with Crippen LogP contribution in [-0.4, -0.2) is 28.8 Å². The van der Waals surface area contributed by atoms with E-state index in [1.807, 2.05) is 19.1 Å². The summed E-state index contributed by atoms with van der Waals surface area (Å²) in [5.74, 6) is -0.121. The molecular weight excluding hydrogens is 481 g/mol. The molecule has 8 nitrogen and oxygen atoms in total. The van der Waals surface area contributed by atoms with E-state index in [2.05, 4.69) is 25.6 Å². The van der Waals surface area contributed by atoms with Gasteiger partial charge in [0.2, 0.25) is 0 Å². The standard InChI is InChI=1S/C26H27ClFN7O/c1-15-5-4-6-25(33-15)35-22(17-9-10-32-23(11-17)20(14-29)26(36)31-3)13-24(30)34-16(2)19-8-7-18(27)12-21(19)28/h4-14,16H,29H2,1-3H3,(H2,30,34)(H,31,36)(H,33,35)/b20-14?,22-13-. The van der Waals surface area contributed by atoms with Crippen molar-refractivity contribution in [1.82, 2.24) is 15.3 Å². The highest BCUT2D eigenvalue weighted by atomic mass is 35.5. The number of amides is 1. The first-order chi connectivity index (χ1) is 17.2. The minimum absolute atomic E-state index is 0.145. The van der Waals surface area contributed by atoms with E-state index in [1.165, 1.54) is 19.3 Å². The Balaban J connectivity index is 2.04. The van der Waals surface area contributed by atoms with Crippen LogP contribution in [0.15, 0.2) is 72.0 Å². The van der Waals surface area contributed by atoms with E-state index < -0.39 is 11.9 Å². The molecule has 0 fully saturated rings. The van der Waals surface area contributed by atoms with Crippen molar-refractivity contribution in [2.24, 2.45) is 16.5 Å². The predicted molar refractivity (Wildman–Crippen MR) is 142 cm³/mol. The van der Waals surface area contributed by atoms with Crippen molar-refractivity contribution >= 4 is 40.4 Å². The molecule has 0 aliphatic carbocycles. The Morgan fingerprint density at radius 2 is 2.00 bits per heavy atom. The maximum absolute atomic E-state index is 14.4. The molecule has 36 heavy (non-hydrogen) atoms. The molecular formula is C26H27ClFN7O. The quantitative estimate of drug-likeness (QED) is 0.205. The van der Waals surface area contributed by atoms with Gasteiger partial charge in [-0.15, -0.1) is 0 Å². The van der Waals surface area contributed by atoms with E-state index in [4.69, 9.17) is 23.1 Å². The number of amidine groups is 1. The molecule has 2 heterocycles. The number of aromatic nitrogens is 2. The summed E-state index contributed by atoms with van der Waals surface area (Å²) in [6, 6.07) is 12.8. The summed E-state index contributed by atoms with van der Waals surface area (Å²) in [4.78, 5) is 25.4. The minimum atomic E-state index is -0.565. The van der Waals surface area contributed by atoms with Gasteiger partial charge in [0.1, 0.15) is 17.5 Å². The molecule has 2 aromatic heterocycles. The maximum atomic E-state index is 14.4. The molecule has 6 N–H and O–H groups in total. The maximum Gasteiger partial charge on any atom is 0.254 e. The molecule has 0 radical (unpaired) electrons.